The maximum atomic E-state index is 5.63. The average molecular weight is 359 g/mol. The second-order valence-corrected chi connectivity index (χ2v) is 5.98. The van der Waals surface area contributed by atoms with E-state index in [9.17, 15) is 0 Å². The minimum Gasteiger partial charge on any atom is -0.493 e. The summed E-state index contributed by atoms with van der Waals surface area (Å²) >= 11 is 0. The van der Waals surface area contributed by atoms with Gasteiger partial charge < -0.3 is 20.1 Å². The maximum Gasteiger partial charge on any atom is 0.195 e. The molecule has 26 heavy (non-hydrogen) atoms. The lowest BCUT2D eigenvalue weighted by Gasteiger charge is -2.15. The van der Waals surface area contributed by atoms with Crippen molar-refractivity contribution in [2.24, 2.45) is 10.9 Å². The lowest BCUT2D eigenvalue weighted by atomic mass is 10.2. The number of benzene rings is 1. The molecule has 1 atom stereocenters. The topological polar surface area (TPSA) is 72.7 Å². The molecule has 1 aromatic heterocycles. The molecule has 7 nitrogen and oxygen atoms in total. The van der Waals surface area contributed by atoms with Gasteiger partial charge in [0.05, 0.1) is 13.7 Å². The second-order valence-electron chi connectivity index (χ2n) is 5.98. The quantitative estimate of drug-likeness (QED) is 0.532. The van der Waals surface area contributed by atoms with E-state index in [4.69, 9.17) is 9.47 Å². The number of ether oxygens (including phenoxy) is 2. The Kier molecular flexibility index (Phi) is 7.79. The zero-order chi connectivity index (χ0) is 18.8. The fourth-order valence-electron chi connectivity index (χ4n) is 2.50. The Bertz CT molecular complexity index is 685. The molecule has 2 rings (SSSR count). The van der Waals surface area contributed by atoms with E-state index in [0.717, 1.165) is 24.7 Å². The van der Waals surface area contributed by atoms with Crippen LogP contribution in [0.1, 0.15) is 20.8 Å². The van der Waals surface area contributed by atoms with Crippen molar-refractivity contribution >= 4 is 11.6 Å². The van der Waals surface area contributed by atoms with Crippen LogP contribution in [0.5, 0.6) is 11.5 Å². The molecule has 142 valence electrons. The zero-order valence-corrected chi connectivity index (χ0v) is 16.0. The highest BCUT2D eigenvalue weighted by Crippen LogP contribution is 2.30. The number of aliphatic imine (C=N–C) groups is 1. The smallest absolute Gasteiger partial charge is 0.195 e. The molecule has 0 amide bonds. The molecule has 2 N–H and O–H groups in total. The van der Waals surface area contributed by atoms with Gasteiger partial charge in [0.1, 0.15) is 0 Å². The molecule has 1 heterocycles. The number of nitrogens with zero attached hydrogens (tertiary/aromatic N) is 3. The summed E-state index contributed by atoms with van der Waals surface area (Å²) in [5, 5.41) is 10.8. The Morgan fingerprint density at radius 1 is 1.31 bits per heavy atom. The van der Waals surface area contributed by atoms with Crippen molar-refractivity contribution < 1.29 is 9.47 Å². The van der Waals surface area contributed by atoms with Crippen molar-refractivity contribution in [3.63, 3.8) is 0 Å². The first kappa shape index (κ1) is 19.6. The molecule has 0 aliphatic heterocycles. The van der Waals surface area contributed by atoms with Crippen molar-refractivity contribution in [3.05, 3.63) is 36.7 Å². The Labute approximate surface area is 155 Å². The predicted octanol–water partition coefficient (Wildman–Crippen LogP) is 3.00. The Morgan fingerprint density at radius 2 is 2.15 bits per heavy atom. The molecule has 0 spiro atoms. The van der Waals surface area contributed by atoms with E-state index < -0.39 is 0 Å². The molecule has 1 unspecified atom stereocenters. The van der Waals surface area contributed by atoms with Gasteiger partial charge in [0.25, 0.3) is 0 Å². The third-order valence-electron chi connectivity index (χ3n) is 3.69. The zero-order valence-electron chi connectivity index (χ0n) is 16.0. The van der Waals surface area contributed by atoms with Crippen molar-refractivity contribution in [1.29, 1.82) is 0 Å². The van der Waals surface area contributed by atoms with Crippen LogP contribution >= 0.6 is 0 Å². The standard InChI is InChI=1S/C19H29N5O2/c1-5-20-19(21-13-15(3)14-24-11-7-10-22-24)23-16-8-9-17(25-4)18(12-16)26-6-2/h7-12,15H,5-6,13-14H2,1-4H3,(H2,20,21,23). The van der Waals surface area contributed by atoms with Crippen LogP contribution in [0.2, 0.25) is 0 Å². The summed E-state index contributed by atoms with van der Waals surface area (Å²) in [4.78, 5) is 4.69. The summed E-state index contributed by atoms with van der Waals surface area (Å²) in [7, 11) is 1.64. The van der Waals surface area contributed by atoms with Gasteiger partial charge >= 0.3 is 0 Å². The molecule has 0 aliphatic rings. The van der Waals surface area contributed by atoms with E-state index in [2.05, 4.69) is 27.6 Å². The van der Waals surface area contributed by atoms with Crippen LogP contribution in [-0.4, -0.2) is 42.5 Å². The van der Waals surface area contributed by atoms with Crippen LogP contribution in [0.4, 0.5) is 5.69 Å². The van der Waals surface area contributed by atoms with Gasteiger partial charge in [-0.25, -0.2) is 0 Å². The molecule has 0 saturated heterocycles. The fourth-order valence-corrected chi connectivity index (χ4v) is 2.50. The first-order valence-electron chi connectivity index (χ1n) is 8.99. The average Bonchev–Trinajstić information content (AvgIpc) is 3.13. The molecule has 0 aliphatic carbocycles. The highest BCUT2D eigenvalue weighted by atomic mass is 16.5. The van der Waals surface area contributed by atoms with Crippen molar-refractivity contribution in [2.45, 2.75) is 27.3 Å². The van der Waals surface area contributed by atoms with E-state index >= 15 is 0 Å². The summed E-state index contributed by atoms with van der Waals surface area (Å²) in [6, 6.07) is 7.68. The number of guanidine groups is 1. The summed E-state index contributed by atoms with van der Waals surface area (Å²) in [5.41, 5.74) is 0.897. The second kappa shape index (κ2) is 10.3. The lowest BCUT2D eigenvalue weighted by molar-refractivity contribution is 0.311. The molecule has 7 heteroatoms. The van der Waals surface area contributed by atoms with Crippen LogP contribution in [0.15, 0.2) is 41.7 Å². The monoisotopic (exact) mass is 359 g/mol. The molecular weight excluding hydrogens is 330 g/mol. The molecular formula is C19H29N5O2. The molecule has 0 bridgehead atoms. The molecule has 0 fully saturated rings. The van der Waals surface area contributed by atoms with Gasteiger partial charge in [0.15, 0.2) is 17.5 Å². The van der Waals surface area contributed by atoms with E-state index in [0.29, 0.717) is 30.6 Å². The summed E-state index contributed by atoms with van der Waals surface area (Å²) in [6.45, 7) is 9.06. The van der Waals surface area contributed by atoms with Gasteiger partial charge in [-0.15, -0.1) is 0 Å². The number of anilines is 1. The van der Waals surface area contributed by atoms with E-state index in [1.165, 1.54) is 0 Å². The van der Waals surface area contributed by atoms with Crippen molar-refractivity contribution in [2.75, 3.05) is 32.1 Å². The molecule has 0 saturated carbocycles. The highest BCUT2D eigenvalue weighted by Gasteiger charge is 2.08. The van der Waals surface area contributed by atoms with Gasteiger partial charge in [-0.1, -0.05) is 6.92 Å². The Balaban J connectivity index is 2.03. The number of hydrogen-bond acceptors (Lipinski definition) is 4. The third kappa shape index (κ3) is 5.98. The Morgan fingerprint density at radius 3 is 2.81 bits per heavy atom. The summed E-state index contributed by atoms with van der Waals surface area (Å²) in [6.07, 6.45) is 3.76. The van der Waals surface area contributed by atoms with Crippen LogP contribution in [-0.2, 0) is 6.54 Å². The number of methoxy groups -OCH3 is 1. The van der Waals surface area contributed by atoms with E-state index in [1.54, 1.807) is 13.3 Å². The fraction of sp³-hybridized carbons (Fsp3) is 0.474. The maximum absolute atomic E-state index is 5.63. The van der Waals surface area contributed by atoms with Gasteiger partial charge in [-0.3, -0.25) is 9.67 Å². The largest absolute Gasteiger partial charge is 0.493 e. The van der Waals surface area contributed by atoms with E-state index in [1.807, 2.05) is 49.0 Å². The normalized spacial score (nSPS) is 12.5. The number of nitrogens with one attached hydrogen (secondary N) is 2. The van der Waals surface area contributed by atoms with Crippen LogP contribution in [0, 0.1) is 5.92 Å². The van der Waals surface area contributed by atoms with Crippen LogP contribution in [0.25, 0.3) is 0 Å². The Hall–Kier alpha value is -2.70. The molecule has 1 aromatic carbocycles. The highest BCUT2D eigenvalue weighted by molar-refractivity contribution is 5.93. The number of aromatic nitrogens is 2. The van der Waals surface area contributed by atoms with Gasteiger partial charge in [-0.05, 0) is 38.0 Å². The van der Waals surface area contributed by atoms with Crippen molar-refractivity contribution in [3.8, 4) is 11.5 Å². The molecule has 0 radical (unpaired) electrons. The van der Waals surface area contributed by atoms with Crippen molar-refractivity contribution in [1.82, 2.24) is 15.1 Å². The predicted molar refractivity (Wildman–Crippen MR) is 105 cm³/mol. The summed E-state index contributed by atoms with van der Waals surface area (Å²) < 4.78 is 12.9. The van der Waals surface area contributed by atoms with Gasteiger partial charge in [-0.2, -0.15) is 5.10 Å². The third-order valence-corrected chi connectivity index (χ3v) is 3.69. The van der Waals surface area contributed by atoms with Gasteiger partial charge in [0.2, 0.25) is 0 Å². The minimum atomic E-state index is 0.375. The van der Waals surface area contributed by atoms with Gasteiger partial charge in [0, 0.05) is 43.8 Å². The lowest BCUT2D eigenvalue weighted by Crippen LogP contribution is -2.31. The SMILES string of the molecule is CCNC(=NCC(C)Cn1cccn1)Nc1ccc(OC)c(OCC)c1. The minimum absolute atomic E-state index is 0.375. The summed E-state index contributed by atoms with van der Waals surface area (Å²) in [5.74, 6) is 2.54. The first-order valence-corrected chi connectivity index (χ1v) is 8.99. The number of hydrogen-bond donors (Lipinski definition) is 2. The van der Waals surface area contributed by atoms with Crippen LogP contribution in [0.3, 0.4) is 0 Å². The molecule has 2 aromatic rings. The number of rotatable bonds is 9. The van der Waals surface area contributed by atoms with Crippen LogP contribution < -0.4 is 20.1 Å². The first-order chi connectivity index (χ1) is 12.7. The van der Waals surface area contributed by atoms with E-state index in [-0.39, 0.29) is 0 Å².